The van der Waals surface area contributed by atoms with Crippen LogP contribution in [0.25, 0.3) is 11.3 Å². The van der Waals surface area contributed by atoms with Crippen molar-refractivity contribution in [2.24, 2.45) is 0 Å². The molecule has 0 unspecified atom stereocenters. The summed E-state index contributed by atoms with van der Waals surface area (Å²) in [6.07, 6.45) is 2.75. The molecule has 0 aliphatic carbocycles. The maximum Gasteiger partial charge on any atom is 0.150 e. The number of halogens is 1. The first-order valence-corrected chi connectivity index (χ1v) is 5.82. The number of nitrogens with zero attached hydrogens (tertiary/aromatic N) is 3. The second-order valence-electron chi connectivity index (χ2n) is 3.98. The highest BCUT2D eigenvalue weighted by atomic mass is 19.1. The summed E-state index contributed by atoms with van der Waals surface area (Å²) < 4.78 is 13.8. The lowest BCUT2D eigenvalue weighted by molar-refractivity contribution is 0.624. The van der Waals surface area contributed by atoms with Crippen molar-refractivity contribution < 1.29 is 4.39 Å². The van der Waals surface area contributed by atoms with Gasteiger partial charge in [-0.05, 0) is 26.8 Å². The number of anilines is 1. The number of aromatic nitrogens is 3. The van der Waals surface area contributed by atoms with Crippen LogP contribution in [0.5, 0.6) is 0 Å². The molecule has 94 valence electrons. The molecule has 0 fully saturated rings. The topological polar surface area (TPSA) is 50.7 Å². The van der Waals surface area contributed by atoms with E-state index in [0.717, 1.165) is 17.9 Å². The third-order valence-electron chi connectivity index (χ3n) is 2.63. The first-order chi connectivity index (χ1) is 8.63. The molecular formula is C13H15FN4. The van der Waals surface area contributed by atoms with Gasteiger partial charge in [0, 0.05) is 23.9 Å². The highest BCUT2D eigenvalue weighted by molar-refractivity contribution is 5.68. The Labute approximate surface area is 105 Å². The van der Waals surface area contributed by atoms with Crippen molar-refractivity contribution >= 4 is 5.82 Å². The number of hydrogen-bond donors (Lipinski definition) is 1. The molecule has 1 N–H and O–H groups in total. The van der Waals surface area contributed by atoms with Crippen molar-refractivity contribution in [1.82, 2.24) is 15.0 Å². The van der Waals surface area contributed by atoms with E-state index in [1.807, 2.05) is 13.8 Å². The van der Waals surface area contributed by atoms with Gasteiger partial charge in [-0.2, -0.15) is 0 Å². The Morgan fingerprint density at radius 2 is 2.06 bits per heavy atom. The Balaban J connectivity index is 2.61. The fourth-order valence-electron chi connectivity index (χ4n) is 1.80. The maximum atomic E-state index is 13.8. The molecule has 0 radical (unpaired) electrons. The van der Waals surface area contributed by atoms with Crippen LogP contribution in [0.4, 0.5) is 10.2 Å². The Kier molecular flexibility index (Phi) is 3.50. The summed E-state index contributed by atoms with van der Waals surface area (Å²) in [5.41, 5.74) is 1.90. The second kappa shape index (κ2) is 5.08. The molecule has 2 aromatic rings. The van der Waals surface area contributed by atoms with E-state index in [1.165, 1.54) is 6.20 Å². The summed E-state index contributed by atoms with van der Waals surface area (Å²) in [6.45, 7) is 6.43. The molecule has 2 rings (SSSR count). The average molecular weight is 246 g/mol. The van der Waals surface area contributed by atoms with Crippen molar-refractivity contribution in [3.05, 3.63) is 35.7 Å². The lowest BCUT2D eigenvalue weighted by Crippen LogP contribution is -2.06. The van der Waals surface area contributed by atoms with Gasteiger partial charge in [0.2, 0.25) is 0 Å². The minimum atomic E-state index is -0.374. The Morgan fingerprint density at radius 1 is 1.28 bits per heavy atom. The van der Waals surface area contributed by atoms with E-state index in [4.69, 9.17) is 0 Å². The third-order valence-corrected chi connectivity index (χ3v) is 2.63. The monoisotopic (exact) mass is 246 g/mol. The molecule has 0 aromatic carbocycles. The lowest BCUT2D eigenvalue weighted by Gasteiger charge is -2.12. The highest BCUT2D eigenvalue weighted by Crippen LogP contribution is 2.27. The largest absolute Gasteiger partial charge is 0.370 e. The van der Waals surface area contributed by atoms with Crippen LogP contribution < -0.4 is 5.32 Å². The molecule has 0 amide bonds. The summed E-state index contributed by atoms with van der Waals surface area (Å²) in [5.74, 6) is 0.986. The molecule has 2 heterocycles. The molecule has 4 nitrogen and oxygen atoms in total. The Hall–Kier alpha value is -2.04. The van der Waals surface area contributed by atoms with Gasteiger partial charge in [-0.25, -0.2) is 14.4 Å². The first-order valence-electron chi connectivity index (χ1n) is 5.82. The lowest BCUT2D eigenvalue weighted by atomic mass is 10.1. The Morgan fingerprint density at radius 3 is 2.72 bits per heavy atom. The van der Waals surface area contributed by atoms with Crippen LogP contribution in [0.1, 0.15) is 18.3 Å². The zero-order valence-electron chi connectivity index (χ0n) is 10.7. The van der Waals surface area contributed by atoms with Crippen LogP contribution >= 0.6 is 0 Å². The molecule has 2 aromatic heterocycles. The number of rotatable bonds is 3. The van der Waals surface area contributed by atoms with E-state index in [1.54, 1.807) is 19.2 Å². The SMILES string of the molecule is CCNc1nc(C)nc(-c2ccncc2F)c1C. The summed E-state index contributed by atoms with van der Waals surface area (Å²) in [4.78, 5) is 12.4. The van der Waals surface area contributed by atoms with Crippen molar-refractivity contribution in [2.75, 3.05) is 11.9 Å². The van der Waals surface area contributed by atoms with E-state index in [-0.39, 0.29) is 5.82 Å². The molecule has 0 saturated carbocycles. The highest BCUT2D eigenvalue weighted by Gasteiger charge is 2.13. The molecular weight excluding hydrogens is 231 g/mol. The van der Waals surface area contributed by atoms with Crippen molar-refractivity contribution in [2.45, 2.75) is 20.8 Å². The van der Waals surface area contributed by atoms with E-state index >= 15 is 0 Å². The molecule has 5 heteroatoms. The van der Waals surface area contributed by atoms with Gasteiger partial charge < -0.3 is 5.32 Å². The fourth-order valence-corrected chi connectivity index (χ4v) is 1.80. The molecule has 0 spiro atoms. The summed E-state index contributed by atoms with van der Waals surface area (Å²) >= 11 is 0. The van der Waals surface area contributed by atoms with Gasteiger partial charge in [0.1, 0.15) is 11.6 Å². The van der Waals surface area contributed by atoms with E-state index in [2.05, 4.69) is 20.3 Å². The van der Waals surface area contributed by atoms with Crippen molar-refractivity contribution in [3.63, 3.8) is 0 Å². The zero-order chi connectivity index (χ0) is 13.1. The number of nitrogens with one attached hydrogen (secondary N) is 1. The number of hydrogen-bond acceptors (Lipinski definition) is 4. The van der Waals surface area contributed by atoms with Gasteiger partial charge in [-0.3, -0.25) is 4.98 Å². The maximum absolute atomic E-state index is 13.8. The standard InChI is InChI=1S/C13H15FN4/c1-4-16-13-8(2)12(17-9(3)18-13)10-5-6-15-7-11(10)14/h5-7H,4H2,1-3H3,(H,16,17,18). The molecule has 18 heavy (non-hydrogen) atoms. The van der Waals surface area contributed by atoms with Gasteiger partial charge in [0.05, 0.1) is 11.9 Å². The third kappa shape index (κ3) is 2.30. The molecule has 0 saturated heterocycles. The van der Waals surface area contributed by atoms with E-state index in [0.29, 0.717) is 17.1 Å². The molecule has 0 atom stereocenters. The van der Waals surface area contributed by atoms with Gasteiger partial charge in [-0.1, -0.05) is 0 Å². The molecule has 0 aliphatic heterocycles. The van der Waals surface area contributed by atoms with Gasteiger partial charge in [0.15, 0.2) is 5.82 Å². The van der Waals surface area contributed by atoms with Crippen molar-refractivity contribution in [1.29, 1.82) is 0 Å². The van der Waals surface area contributed by atoms with E-state index in [9.17, 15) is 4.39 Å². The van der Waals surface area contributed by atoms with Crippen LogP contribution in [0.15, 0.2) is 18.5 Å². The van der Waals surface area contributed by atoms with Crippen molar-refractivity contribution in [3.8, 4) is 11.3 Å². The van der Waals surface area contributed by atoms with Crippen LogP contribution in [-0.4, -0.2) is 21.5 Å². The van der Waals surface area contributed by atoms with Crippen LogP contribution in [0.2, 0.25) is 0 Å². The second-order valence-corrected chi connectivity index (χ2v) is 3.98. The minimum Gasteiger partial charge on any atom is -0.370 e. The minimum absolute atomic E-state index is 0.374. The predicted molar refractivity (Wildman–Crippen MR) is 68.9 cm³/mol. The number of pyridine rings is 1. The zero-order valence-corrected chi connectivity index (χ0v) is 10.7. The van der Waals surface area contributed by atoms with Gasteiger partial charge in [0.25, 0.3) is 0 Å². The predicted octanol–water partition coefficient (Wildman–Crippen LogP) is 2.73. The normalized spacial score (nSPS) is 10.4. The number of aryl methyl sites for hydroxylation is 1. The molecule has 0 bridgehead atoms. The quantitative estimate of drug-likeness (QED) is 0.904. The first kappa shape index (κ1) is 12.4. The smallest absolute Gasteiger partial charge is 0.150 e. The molecule has 0 aliphatic rings. The fraction of sp³-hybridized carbons (Fsp3) is 0.308. The summed E-state index contributed by atoms with van der Waals surface area (Å²) in [7, 11) is 0. The van der Waals surface area contributed by atoms with Crippen LogP contribution in [0.3, 0.4) is 0 Å². The van der Waals surface area contributed by atoms with Gasteiger partial charge >= 0.3 is 0 Å². The van der Waals surface area contributed by atoms with Crippen LogP contribution in [0, 0.1) is 19.7 Å². The summed E-state index contributed by atoms with van der Waals surface area (Å²) in [5, 5.41) is 3.16. The average Bonchev–Trinajstić information content (AvgIpc) is 2.34. The van der Waals surface area contributed by atoms with Gasteiger partial charge in [-0.15, -0.1) is 0 Å². The van der Waals surface area contributed by atoms with E-state index < -0.39 is 0 Å². The Bertz CT molecular complexity index is 569. The summed E-state index contributed by atoms with van der Waals surface area (Å²) in [6, 6.07) is 1.62. The van der Waals surface area contributed by atoms with Crippen LogP contribution in [-0.2, 0) is 0 Å².